The van der Waals surface area contributed by atoms with Gasteiger partial charge in [0.05, 0.1) is 0 Å². The maximum atomic E-state index is 12.1. The third kappa shape index (κ3) is 5.35. The summed E-state index contributed by atoms with van der Waals surface area (Å²) in [6, 6.07) is 13.6. The Bertz CT molecular complexity index is 760. The van der Waals surface area contributed by atoms with Gasteiger partial charge in [0.2, 0.25) is 0 Å². The molecule has 0 fully saturated rings. The number of benzene rings is 2. The molecule has 0 N–H and O–H groups in total. The molecule has 0 saturated carbocycles. The van der Waals surface area contributed by atoms with E-state index in [2.05, 4.69) is 54.5 Å². The molecule has 0 aliphatic carbocycles. The Labute approximate surface area is 157 Å². The predicted octanol–water partition coefficient (Wildman–Crippen LogP) is 5.57. The SMILES string of the molecule is Cc1ccc(OCC(=O)Oc2ccc(C(C)(C)C)cc2)c(C(C)(C)C)c1. The van der Waals surface area contributed by atoms with Crippen molar-refractivity contribution >= 4 is 5.97 Å². The fraction of sp³-hybridized carbons (Fsp3) is 0.435. The Morgan fingerprint density at radius 2 is 1.50 bits per heavy atom. The average Bonchev–Trinajstić information content (AvgIpc) is 2.52. The Hall–Kier alpha value is -2.29. The molecule has 0 unspecified atom stereocenters. The van der Waals surface area contributed by atoms with E-state index >= 15 is 0 Å². The molecule has 2 aromatic carbocycles. The van der Waals surface area contributed by atoms with E-state index in [-0.39, 0.29) is 17.4 Å². The van der Waals surface area contributed by atoms with Gasteiger partial charge in [-0.3, -0.25) is 0 Å². The first-order valence-corrected chi connectivity index (χ1v) is 9.02. The molecule has 0 spiro atoms. The molecule has 2 aromatic rings. The summed E-state index contributed by atoms with van der Waals surface area (Å²) >= 11 is 0. The van der Waals surface area contributed by atoms with Gasteiger partial charge in [-0.25, -0.2) is 4.79 Å². The summed E-state index contributed by atoms with van der Waals surface area (Å²) < 4.78 is 11.1. The topological polar surface area (TPSA) is 35.5 Å². The van der Waals surface area contributed by atoms with Gasteiger partial charge in [-0.15, -0.1) is 0 Å². The minimum atomic E-state index is -0.408. The summed E-state index contributed by atoms with van der Waals surface area (Å²) in [6.07, 6.45) is 0. The van der Waals surface area contributed by atoms with Crippen LogP contribution in [0.4, 0.5) is 0 Å². The molecule has 2 rings (SSSR count). The molecule has 0 radical (unpaired) electrons. The highest BCUT2D eigenvalue weighted by atomic mass is 16.6. The quantitative estimate of drug-likeness (QED) is 0.531. The van der Waals surface area contributed by atoms with E-state index in [1.807, 2.05) is 36.4 Å². The highest BCUT2D eigenvalue weighted by molar-refractivity contribution is 5.74. The zero-order chi connectivity index (χ0) is 19.5. The largest absolute Gasteiger partial charge is 0.482 e. The lowest BCUT2D eigenvalue weighted by Crippen LogP contribution is -2.20. The van der Waals surface area contributed by atoms with Gasteiger partial charge in [0.1, 0.15) is 11.5 Å². The lowest BCUT2D eigenvalue weighted by molar-refractivity contribution is -0.136. The second-order valence-electron chi connectivity index (χ2n) is 8.79. The van der Waals surface area contributed by atoms with Gasteiger partial charge < -0.3 is 9.47 Å². The third-order valence-electron chi connectivity index (χ3n) is 4.24. The molecular weight excluding hydrogens is 324 g/mol. The second-order valence-corrected chi connectivity index (χ2v) is 8.79. The summed E-state index contributed by atoms with van der Waals surface area (Å²) in [6.45, 7) is 14.8. The zero-order valence-electron chi connectivity index (χ0n) is 17.0. The number of esters is 1. The maximum absolute atomic E-state index is 12.1. The molecule has 3 heteroatoms. The van der Waals surface area contributed by atoms with Crippen molar-refractivity contribution in [3.8, 4) is 11.5 Å². The van der Waals surface area contributed by atoms with Crippen LogP contribution in [0.3, 0.4) is 0 Å². The van der Waals surface area contributed by atoms with Crippen molar-refractivity contribution in [2.45, 2.75) is 59.3 Å². The van der Waals surface area contributed by atoms with Crippen LogP contribution < -0.4 is 9.47 Å². The summed E-state index contributed by atoms with van der Waals surface area (Å²) in [7, 11) is 0. The fourth-order valence-electron chi connectivity index (χ4n) is 2.68. The number of rotatable bonds is 4. The van der Waals surface area contributed by atoms with E-state index < -0.39 is 5.97 Å². The number of carbonyl (C=O) groups is 1. The van der Waals surface area contributed by atoms with Gasteiger partial charge in [0.15, 0.2) is 6.61 Å². The minimum absolute atomic E-state index is 0.0615. The van der Waals surface area contributed by atoms with Crippen LogP contribution in [0.5, 0.6) is 11.5 Å². The third-order valence-corrected chi connectivity index (χ3v) is 4.24. The molecule has 0 aliphatic rings. The van der Waals surface area contributed by atoms with E-state index in [4.69, 9.17) is 9.47 Å². The van der Waals surface area contributed by atoms with Crippen molar-refractivity contribution in [1.82, 2.24) is 0 Å². The smallest absolute Gasteiger partial charge is 0.349 e. The Morgan fingerprint density at radius 3 is 2.04 bits per heavy atom. The first-order valence-electron chi connectivity index (χ1n) is 9.02. The molecule has 0 bridgehead atoms. The summed E-state index contributed by atoms with van der Waals surface area (Å²) in [5, 5.41) is 0. The molecule has 0 aliphatic heterocycles. The fourth-order valence-corrected chi connectivity index (χ4v) is 2.68. The van der Waals surface area contributed by atoms with Crippen LogP contribution in [0.15, 0.2) is 42.5 Å². The zero-order valence-corrected chi connectivity index (χ0v) is 17.0. The van der Waals surface area contributed by atoms with Crippen molar-refractivity contribution in [3.05, 3.63) is 59.2 Å². The first-order chi connectivity index (χ1) is 12.0. The molecule has 0 saturated heterocycles. The number of aryl methyl sites for hydroxylation is 1. The van der Waals surface area contributed by atoms with Gasteiger partial charge in [-0.2, -0.15) is 0 Å². The normalized spacial score (nSPS) is 12.0. The van der Waals surface area contributed by atoms with Crippen LogP contribution in [0, 0.1) is 6.92 Å². The van der Waals surface area contributed by atoms with Gasteiger partial charge in [0.25, 0.3) is 0 Å². The predicted molar refractivity (Wildman–Crippen MR) is 106 cm³/mol. The number of ether oxygens (including phenoxy) is 2. The van der Waals surface area contributed by atoms with Crippen LogP contribution in [0.1, 0.15) is 58.2 Å². The van der Waals surface area contributed by atoms with Crippen molar-refractivity contribution in [1.29, 1.82) is 0 Å². The second kappa shape index (κ2) is 7.53. The molecule has 0 atom stereocenters. The lowest BCUT2D eigenvalue weighted by Gasteiger charge is -2.23. The van der Waals surface area contributed by atoms with Crippen LogP contribution in [0.2, 0.25) is 0 Å². The minimum Gasteiger partial charge on any atom is -0.482 e. The molecule has 26 heavy (non-hydrogen) atoms. The van der Waals surface area contributed by atoms with E-state index in [9.17, 15) is 4.79 Å². The maximum Gasteiger partial charge on any atom is 0.349 e. The highest BCUT2D eigenvalue weighted by Gasteiger charge is 2.20. The Morgan fingerprint density at radius 1 is 0.885 bits per heavy atom. The van der Waals surface area contributed by atoms with Crippen LogP contribution in [0.25, 0.3) is 0 Å². The molecule has 0 aromatic heterocycles. The van der Waals surface area contributed by atoms with Gasteiger partial charge in [0, 0.05) is 0 Å². The Kier molecular flexibility index (Phi) is 5.80. The van der Waals surface area contributed by atoms with Crippen LogP contribution in [-0.2, 0) is 15.6 Å². The van der Waals surface area contributed by atoms with Crippen LogP contribution >= 0.6 is 0 Å². The van der Waals surface area contributed by atoms with Crippen LogP contribution in [-0.4, -0.2) is 12.6 Å². The molecular formula is C23H30O3. The van der Waals surface area contributed by atoms with Crippen molar-refractivity contribution in [2.75, 3.05) is 6.61 Å². The first kappa shape index (κ1) is 20.0. The number of carbonyl (C=O) groups excluding carboxylic acids is 1. The molecule has 3 nitrogen and oxygen atoms in total. The molecule has 0 amide bonds. The lowest BCUT2D eigenvalue weighted by atomic mass is 9.85. The summed E-state index contributed by atoms with van der Waals surface area (Å²) in [5.74, 6) is 0.851. The van der Waals surface area contributed by atoms with Crippen molar-refractivity contribution < 1.29 is 14.3 Å². The number of hydrogen-bond donors (Lipinski definition) is 0. The van der Waals surface area contributed by atoms with E-state index in [0.29, 0.717) is 5.75 Å². The summed E-state index contributed by atoms with van der Waals surface area (Å²) in [4.78, 5) is 12.1. The average molecular weight is 354 g/mol. The van der Waals surface area contributed by atoms with Gasteiger partial charge in [-0.1, -0.05) is 71.4 Å². The highest BCUT2D eigenvalue weighted by Crippen LogP contribution is 2.32. The summed E-state index contributed by atoms with van der Waals surface area (Å²) in [5.41, 5.74) is 3.46. The molecule has 0 heterocycles. The standard InChI is InChI=1S/C23H30O3/c1-16-8-13-20(19(14-16)23(5,6)7)25-15-21(24)26-18-11-9-17(10-12-18)22(2,3)4/h8-14H,15H2,1-7H3. The van der Waals surface area contributed by atoms with Gasteiger partial charge >= 0.3 is 5.97 Å². The number of hydrogen-bond acceptors (Lipinski definition) is 3. The van der Waals surface area contributed by atoms with E-state index in [1.54, 1.807) is 0 Å². The van der Waals surface area contributed by atoms with Crippen molar-refractivity contribution in [3.63, 3.8) is 0 Å². The van der Waals surface area contributed by atoms with E-state index in [0.717, 1.165) is 11.3 Å². The monoisotopic (exact) mass is 354 g/mol. The molecule has 140 valence electrons. The Balaban J connectivity index is 2.02. The van der Waals surface area contributed by atoms with Gasteiger partial charge in [-0.05, 0) is 47.1 Å². The van der Waals surface area contributed by atoms with Crippen molar-refractivity contribution in [2.24, 2.45) is 0 Å². The van der Waals surface area contributed by atoms with E-state index in [1.165, 1.54) is 11.1 Å².